The molecule has 1 fully saturated rings. The van der Waals surface area contributed by atoms with Gasteiger partial charge in [-0.25, -0.2) is 0 Å². The third kappa shape index (κ3) is 3.84. The Morgan fingerprint density at radius 3 is 2.44 bits per heavy atom. The third-order valence-electron chi connectivity index (χ3n) is 4.28. The molecule has 0 radical (unpaired) electrons. The van der Waals surface area contributed by atoms with Crippen LogP contribution in [-0.2, 0) is 0 Å². The number of hydrogen-bond donors (Lipinski definition) is 1. The average molecular weight is 245 g/mol. The van der Waals surface area contributed by atoms with Crippen LogP contribution < -0.4 is 5.32 Å². The van der Waals surface area contributed by atoms with Crippen molar-refractivity contribution in [2.75, 3.05) is 13.1 Å². The predicted molar refractivity (Wildman–Crippen MR) is 79.0 cm³/mol. The van der Waals surface area contributed by atoms with Crippen LogP contribution in [0.4, 0.5) is 0 Å². The first-order chi connectivity index (χ1) is 8.79. The molecule has 1 saturated carbocycles. The van der Waals surface area contributed by atoms with E-state index < -0.39 is 0 Å². The zero-order valence-electron chi connectivity index (χ0n) is 11.9. The monoisotopic (exact) mass is 245 g/mol. The first-order valence-electron chi connectivity index (χ1n) is 7.57. The molecule has 1 aromatic rings. The highest BCUT2D eigenvalue weighted by Gasteiger charge is 2.20. The first kappa shape index (κ1) is 13.6. The van der Waals surface area contributed by atoms with Gasteiger partial charge in [0, 0.05) is 6.54 Å². The largest absolute Gasteiger partial charge is 0.316 e. The maximum Gasteiger partial charge on any atom is 0.00201 e. The Labute approximate surface area is 112 Å². The Morgan fingerprint density at radius 2 is 1.83 bits per heavy atom. The zero-order valence-corrected chi connectivity index (χ0v) is 11.9. The normalized spacial score (nSPS) is 18.1. The Balaban J connectivity index is 2.00. The van der Waals surface area contributed by atoms with E-state index in [1.807, 2.05) is 0 Å². The van der Waals surface area contributed by atoms with Crippen molar-refractivity contribution >= 4 is 0 Å². The summed E-state index contributed by atoms with van der Waals surface area (Å²) in [5, 5.41) is 3.54. The van der Waals surface area contributed by atoms with Crippen LogP contribution in [0.2, 0.25) is 0 Å². The maximum atomic E-state index is 3.54. The lowest BCUT2D eigenvalue weighted by Crippen LogP contribution is -2.22. The molecule has 1 nitrogen and oxygen atoms in total. The topological polar surface area (TPSA) is 12.0 Å². The van der Waals surface area contributed by atoms with Crippen LogP contribution in [0.5, 0.6) is 0 Å². The van der Waals surface area contributed by atoms with Gasteiger partial charge in [0.25, 0.3) is 0 Å². The van der Waals surface area contributed by atoms with Crippen molar-refractivity contribution in [3.63, 3.8) is 0 Å². The van der Waals surface area contributed by atoms with Crippen LogP contribution in [0, 0.1) is 12.8 Å². The van der Waals surface area contributed by atoms with Gasteiger partial charge in [0.15, 0.2) is 0 Å². The number of nitrogens with one attached hydrogen (secondary N) is 1. The molecule has 18 heavy (non-hydrogen) atoms. The van der Waals surface area contributed by atoms with Crippen LogP contribution in [0.25, 0.3) is 0 Å². The van der Waals surface area contributed by atoms with Crippen LogP contribution in [-0.4, -0.2) is 13.1 Å². The molecule has 2 rings (SSSR count). The van der Waals surface area contributed by atoms with E-state index in [2.05, 4.69) is 43.4 Å². The molecule has 0 aliphatic heterocycles. The summed E-state index contributed by atoms with van der Waals surface area (Å²) >= 11 is 0. The van der Waals surface area contributed by atoms with Crippen molar-refractivity contribution < 1.29 is 0 Å². The summed E-state index contributed by atoms with van der Waals surface area (Å²) in [6.45, 7) is 6.57. The lowest BCUT2D eigenvalue weighted by Gasteiger charge is -2.21. The summed E-state index contributed by atoms with van der Waals surface area (Å²) in [6, 6.07) is 9.16. The average Bonchev–Trinajstić information content (AvgIpc) is 2.88. The Morgan fingerprint density at radius 1 is 1.17 bits per heavy atom. The number of aryl methyl sites for hydroxylation is 1. The predicted octanol–water partition coefficient (Wildman–Crippen LogP) is 4.27. The highest BCUT2D eigenvalue weighted by Crippen LogP contribution is 2.33. The third-order valence-corrected chi connectivity index (χ3v) is 4.28. The lowest BCUT2D eigenvalue weighted by atomic mass is 9.87. The summed E-state index contributed by atoms with van der Waals surface area (Å²) in [6.07, 6.45) is 7.18. The van der Waals surface area contributed by atoms with Crippen molar-refractivity contribution in [2.45, 2.75) is 51.9 Å². The number of hydrogen-bond acceptors (Lipinski definition) is 1. The van der Waals surface area contributed by atoms with Crippen molar-refractivity contribution in [1.29, 1.82) is 0 Å². The molecule has 1 unspecified atom stereocenters. The van der Waals surface area contributed by atoms with Gasteiger partial charge in [-0.05, 0) is 37.3 Å². The number of benzene rings is 1. The molecule has 0 spiro atoms. The van der Waals surface area contributed by atoms with Gasteiger partial charge in [-0.2, -0.15) is 0 Å². The summed E-state index contributed by atoms with van der Waals surface area (Å²) in [4.78, 5) is 0. The Bertz CT molecular complexity index is 335. The zero-order chi connectivity index (χ0) is 12.8. The van der Waals surface area contributed by atoms with Crippen LogP contribution >= 0.6 is 0 Å². The second-order valence-electron chi connectivity index (χ2n) is 5.80. The molecule has 1 atom stereocenters. The fraction of sp³-hybridized carbons (Fsp3) is 0.647. The minimum Gasteiger partial charge on any atom is -0.316 e. The molecule has 0 bridgehead atoms. The lowest BCUT2D eigenvalue weighted by molar-refractivity contribution is 0.430. The highest BCUT2D eigenvalue weighted by atomic mass is 14.8. The van der Waals surface area contributed by atoms with Crippen molar-refractivity contribution in [3.8, 4) is 0 Å². The molecule has 1 aliphatic carbocycles. The molecule has 0 heterocycles. The van der Waals surface area contributed by atoms with Crippen molar-refractivity contribution in [2.24, 2.45) is 5.92 Å². The summed E-state index contributed by atoms with van der Waals surface area (Å²) in [5.74, 6) is 1.67. The van der Waals surface area contributed by atoms with E-state index in [0.29, 0.717) is 5.92 Å². The Kier molecular flexibility index (Phi) is 5.25. The van der Waals surface area contributed by atoms with Gasteiger partial charge in [-0.15, -0.1) is 0 Å². The maximum absolute atomic E-state index is 3.54. The molecule has 1 N–H and O–H groups in total. The van der Waals surface area contributed by atoms with Crippen LogP contribution in [0.15, 0.2) is 24.3 Å². The van der Waals surface area contributed by atoms with E-state index in [9.17, 15) is 0 Å². The van der Waals surface area contributed by atoms with E-state index in [0.717, 1.165) is 19.0 Å². The molecule has 100 valence electrons. The Hall–Kier alpha value is -0.820. The fourth-order valence-electron chi connectivity index (χ4n) is 3.14. The van der Waals surface area contributed by atoms with Gasteiger partial charge in [0.1, 0.15) is 0 Å². The van der Waals surface area contributed by atoms with Crippen LogP contribution in [0.3, 0.4) is 0 Å². The fourth-order valence-corrected chi connectivity index (χ4v) is 3.14. The smallest absolute Gasteiger partial charge is 0.00201 e. The van der Waals surface area contributed by atoms with Gasteiger partial charge in [-0.3, -0.25) is 0 Å². The molecule has 0 saturated heterocycles. The second-order valence-corrected chi connectivity index (χ2v) is 5.80. The number of rotatable bonds is 6. The second kappa shape index (κ2) is 6.94. The van der Waals surface area contributed by atoms with E-state index in [1.54, 1.807) is 0 Å². The van der Waals surface area contributed by atoms with E-state index in [4.69, 9.17) is 0 Å². The van der Waals surface area contributed by atoms with E-state index in [-0.39, 0.29) is 0 Å². The molecule has 1 aliphatic rings. The van der Waals surface area contributed by atoms with Gasteiger partial charge in [0.05, 0.1) is 0 Å². The standard InChI is InChI=1S/C17H27N/c1-3-18-13-17(12-15-6-4-5-7-15)16-10-8-14(2)9-11-16/h8-11,15,17-18H,3-7,12-13H2,1-2H3. The first-order valence-corrected chi connectivity index (χ1v) is 7.57. The van der Waals surface area contributed by atoms with Gasteiger partial charge >= 0.3 is 0 Å². The summed E-state index contributed by atoms with van der Waals surface area (Å²) in [7, 11) is 0. The summed E-state index contributed by atoms with van der Waals surface area (Å²) < 4.78 is 0. The van der Waals surface area contributed by atoms with Gasteiger partial charge < -0.3 is 5.32 Å². The van der Waals surface area contributed by atoms with Gasteiger partial charge in [0.2, 0.25) is 0 Å². The highest BCUT2D eigenvalue weighted by molar-refractivity contribution is 5.25. The quantitative estimate of drug-likeness (QED) is 0.789. The van der Waals surface area contributed by atoms with E-state index >= 15 is 0 Å². The molecule has 1 heteroatoms. The van der Waals surface area contributed by atoms with E-state index in [1.165, 1.54) is 43.2 Å². The van der Waals surface area contributed by atoms with Crippen molar-refractivity contribution in [1.82, 2.24) is 5.32 Å². The minimum atomic E-state index is 0.702. The molecular formula is C17H27N. The number of likely N-dealkylation sites (N-methyl/N-ethyl adjacent to an activating group) is 1. The summed E-state index contributed by atoms with van der Waals surface area (Å²) in [5.41, 5.74) is 2.88. The molecule has 1 aromatic carbocycles. The van der Waals surface area contributed by atoms with Crippen molar-refractivity contribution in [3.05, 3.63) is 35.4 Å². The minimum absolute atomic E-state index is 0.702. The molecule has 0 aromatic heterocycles. The molecular weight excluding hydrogens is 218 g/mol. The van der Waals surface area contributed by atoms with Crippen LogP contribution in [0.1, 0.15) is 56.1 Å². The molecule has 0 amide bonds. The van der Waals surface area contributed by atoms with Gasteiger partial charge in [-0.1, -0.05) is 62.4 Å². The SMILES string of the molecule is CCNCC(CC1CCCC1)c1ccc(C)cc1.